The normalized spacial score (nSPS) is 17.4. The van der Waals surface area contributed by atoms with E-state index in [-0.39, 0.29) is 6.10 Å². The summed E-state index contributed by atoms with van der Waals surface area (Å²) in [4.78, 5) is 12.9. The first-order valence-corrected chi connectivity index (χ1v) is 9.16. The maximum atomic E-state index is 12.9. The Morgan fingerprint density at radius 2 is 2.00 bits per heavy atom. The first-order chi connectivity index (χ1) is 12.8. The molecule has 2 heterocycles. The predicted octanol–water partition coefficient (Wildman–Crippen LogP) is 4.72. The van der Waals surface area contributed by atoms with Gasteiger partial charge in [0, 0.05) is 17.0 Å². The van der Waals surface area contributed by atoms with E-state index in [0.29, 0.717) is 38.3 Å². The summed E-state index contributed by atoms with van der Waals surface area (Å²) < 4.78 is 10.9. The van der Waals surface area contributed by atoms with E-state index in [4.69, 9.17) is 32.4 Å². The molecule has 1 aromatic heterocycles. The minimum absolute atomic E-state index is 0.271. The molecule has 142 valence electrons. The van der Waals surface area contributed by atoms with E-state index >= 15 is 0 Å². The Bertz CT molecular complexity index is 934. The van der Waals surface area contributed by atoms with Crippen LogP contribution in [0.4, 0.5) is 0 Å². The van der Waals surface area contributed by atoms with Gasteiger partial charge in [0.25, 0.3) is 0 Å². The van der Waals surface area contributed by atoms with Crippen molar-refractivity contribution in [3.63, 3.8) is 0 Å². The number of carbonyl (C=O) groups excluding carboxylic acids is 1. The van der Waals surface area contributed by atoms with Crippen molar-refractivity contribution >= 4 is 34.7 Å². The lowest BCUT2D eigenvalue weighted by Gasteiger charge is -2.31. The summed E-state index contributed by atoms with van der Waals surface area (Å²) in [5.41, 5.74) is 3.18. The Kier molecular flexibility index (Phi) is 5.58. The number of halogens is 2. The van der Waals surface area contributed by atoms with Crippen LogP contribution in [-0.2, 0) is 9.53 Å². The van der Waals surface area contributed by atoms with E-state index in [1.54, 1.807) is 26.0 Å². The molecule has 0 spiro atoms. The number of rotatable bonds is 4. The van der Waals surface area contributed by atoms with E-state index in [9.17, 15) is 4.79 Å². The topological polar surface area (TPSA) is 77.2 Å². The number of nitrogens with one attached hydrogen (secondary N) is 1. The van der Waals surface area contributed by atoms with Gasteiger partial charge in [-0.1, -0.05) is 35.3 Å². The number of dihydropyridines is 1. The summed E-state index contributed by atoms with van der Waals surface area (Å²) in [5.74, 6) is -0.715. The number of hydrogen-bond donors (Lipinski definition) is 1. The number of benzene rings is 1. The van der Waals surface area contributed by atoms with Gasteiger partial charge >= 0.3 is 5.97 Å². The molecule has 8 heteroatoms. The molecular weight excluding hydrogens is 389 g/mol. The summed E-state index contributed by atoms with van der Waals surface area (Å²) in [6.45, 7) is 7.28. The quantitative estimate of drug-likeness (QED) is 0.738. The Morgan fingerprint density at radius 1 is 1.26 bits per heavy atom. The van der Waals surface area contributed by atoms with Crippen molar-refractivity contribution in [3.8, 4) is 0 Å². The van der Waals surface area contributed by atoms with Crippen LogP contribution in [0.3, 0.4) is 0 Å². The summed E-state index contributed by atoms with van der Waals surface area (Å²) in [5, 5.41) is 11.8. The van der Waals surface area contributed by atoms with Gasteiger partial charge in [-0.2, -0.15) is 0 Å². The fourth-order valence-corrected chi connectivity index (χ4v) is 3.59. The third kappa shape index (κ3) is 3.73. The van der Waals surface area contributed by atoms with Gasteiger partial charge < -0.3 is 14.5 Å². The lowest BCUT2D eigenvalue weighted by Crippen LogP contribution is -2.29. The van der Waals surface area contributed by atoms with Crippen molar-refractivity contribution in [2.45, 2.75) is 39.7 Å². The fourth-order valence-electron chi connectivity index (χ4n) is 3.17. The highest BCUT2D eigenvalue weighted by Gasteiger charge is 2.38. The molecule has 0 aliphatic carbocycles. The molecule has 1 aromatic carbocycles. The van der Waals surface area contributed by atoms with Gasteiger partial charge in [0.1, 0.15) is 0 Å². The van der Waals surface area contributed by atoms with Crippen molar-refractivity contribution < 1.29 is 13.9 Å². The first-order valence-electron chi connectivity index (χ1n) is 8.41. The van der Waals surface area contributed by atoms with Crippen molar-refractivity contribution in [2.75, 3.05) is 0 Å². The molecule has 2 aromatic rings. The Hall–Kier alpha value is -2.31. The van der Waals surface area contributed by atoms with Crippen LogP contribution >= 0.6 is 23.2 Å². The molecule has 1 aliphatic rings. The molecule has 0 unspecified atom stereocenters. The standard InChI is InChI=1S/C19H19Cl2N3O3/c1-9(2)27-19(25)15-11(4)23-10(3)14(18-24-22-8-26-18)16(15)12-6-5-7-13(20)17(12)21/h5-9,16,23H,1-4H3/t16-/m1/s1. The zero-order valence-electron chi connectivity index (χ0n) is 15.3. The molecule has 1 atom stereocenters. The minimum Gasteiger partial charge on any atom is -0.460 e. The highest BCUT2D eigenvalue weighted by atomic mass is 35.5. The number of ether oxygens (including phenoxy) is 1. The summed E-state index contributed by atoms with van der Waals surface area (Å²) in [6, 6.07) is 5.30. The maximum Gasteiger partial charge on any atom is 0.337 e. The summed E-state index contributed by atoms with van der Waals surface area (Å²) in [6.07, 6.45) is 0.968. The van der Waals surface area contributed by atoms with E-state index in [1.807, 2.05) is 19.9 Å². The molecule has 0 amide bonds. The molecule has 0 fully saturated rings. The second kappa shape index (κ2) is 7.74. The molecular formula is C19H19Cl2N3O3. The van der Waals surface area contributed by atoms with Crippen molar-refractivity contribution in [2.24, 2.45) is 0 Å². The van der Waals surface area contributed by atoms with Gasteiger partial charge in [-0.05, 0) is 39.3 Å². The van der Waals surface area contributed by atoms with Crippen molar-refractivity contribution in [3.05, 3.63) is 63.1 Å². The average molecular weight is 408 g/mol. The molecule has 1 aliphatic heterocycles. The van der Waals surface area contributed by atoms with Crippen LogP contribution in [0.5, 0.6) is 0 Å². The van der Waals surface area contributed by atoms with Gasteiger partial charge in [0.15, 0.2) is 0 Å². The SMILES string of the molecule is CC1=C(C(=O)OC(C)C)[C@H](c2cccc(Cl)c2Cl)C(c2nnco2)=C(C)N1. The van der Waals surface area contributed by atoms with Crippen LogP contribution < -0.4 is 5.32 Å². The Morgan fingerprint density at radius 3 is 2.63 bits per heavy atom. The van der Waals surface area contributed by atoms with Crippen molar-refractivity contribution in [1.29, 1.82) is 0 Å². The molecule has 0 bridgehead atoms. The number of nitrogens with zero attached hydrogens (tertiary/aromatic N) is 2. The molecule has 27 heavy (non-hydrogen) atoms. The molecule has 0 saturated heterocycles. The fraction of sp³-hybridized carbons (Fsp3) is 0.316. The third-order valence-corrected chi connectivity index (χ3v) is 5.04. The Labute approximate surface area is 167 Å². The Balaban J connectivity index is 2.24. The van der Waals surface area contributed by atoms with Crippen LogP contribution in [-0.4, -0.2) is 22.3 Å². The lowest BCUT2D eigenvalue weighted by molar-refractivity contribution is -0.142. The smallest absolute Gasteiger partial charge is 0.337 e. The van der Waals surface area contributed by atoms with Gasteiger partial charge in [-0.25, -0.2) is 4.79 Å². The second-order valence-corrected chi connectivity index (χ2v) is 7.26. The first kappa shape index (κ1) is 19.5. The van der Waals surface area contributed by atoms with Crippen LogP contribution in [0.2, 0.25) is 10.0 Å². The van der Waals surface area contributed by atoms with Gasteiger partial charge in [0.05, 0.1) is 27.6 Å². The third-order valence-electron chi connectivity index (χ3n) is 4.21. The largest absolute Gasteiger partial charge is 0.460 e. The number of carbonyl (C=O) groups is 1. The zero-order valence-corrected chi connectivity index (χ0v) is 16.9. The lowest BCUT2D eigenvalue weighted by atomic mass is 9.80. The molecule has 0 saturated carbocycles. The summed E-state index contributed by atoms with van der Waals surface area (Å²) >= 11 is 12.8. The van der Waals surface area contributed by atoms with Gasteiger partial charge in [-0.3, -0.25) is 0 Å². The zero-order chi connectivity index (χ0) is 19.7. The minimum atomic E-state index is -0.566. The number of aromatic nitrogens is 2. The second-order valence-electron chi connectivity index (χ2n) is 6.48. The van der Waals surface area contributed by atoms with Crippen LogP contribution in [0, 0.1) is 0 Å². The molecule has 6 nitrogen and oxygen atoms in total. The molecule has 0 radical (unpaired) electrons. The molecule has 1 N–H and O–H groups in total. The average Bonchev–Trinajstić information content (AvgIpc) is 3.10. The van der Waals surface area contributed by atoms with E-state index in [2.05, 4.69) is 15.5 Å². The van der Waals surface area contributed by atoms with Crippen molar-refractivity contribution in [1.82, 2.24) is 15.5 Å². The number of allylic oxidation sites excluding steroid dienone is 3. The van der Waals surface area contributed by atoms with Crippen LogP contribution in [0.15, 0.2) is 46.0 Å². The monoisotopic (exact) mass is 407 g/mol. The van der Waals surface area contributed by atoms with E-state index in [1.165, 1.54) is 6.39 Å². The highest BCUT2D eigenvalue weighted by molar-refractivity contribution is 6.42. The predicted molar refractivity (Wildman–Crippen MR) is 103 cm³/mol. The number of esters is 1. The van der Waals surface area contributed by atoms with Gasteiger partial charge in [0.2, 0.25) is 12.3 Å². The maximum absolute atomic E-state index is 12.9. The highest BCUT2D eigenvalue weighted by Crippen LogP contribution is 2.46. The summed E-state index contributed by atoms with van der Waals surface area (Å²) in [7, 11) is 0. The van der Waals surface area contributed by atoms with Crippen LogP contribution in [0.1, 0.15) is 45.1 Å². The van der Waals surface area contributed by atoms with Gasteiger partial charge in [-0.15, -0.1) is 10.2 Å². The van der Waals surface area contributed by atoms with E-state index in [0.717, 1.165) is 5.70 Å². The molecule has 3 rings (SSSR count). The van der Waals surface area contributed by atoms with E-state index < -0.39 is 11.9 Å². The van der Waals surface area contributed by atoms with Crippen LogP contribution in [0.25, 0.3) is 5.57 Å². The number of hydrogen-bond acceptors (Lipinski definition) is 6.